The van der Waals surface area contributed by atoms with Crippen molar-refractivity contribution in [3.8, 4) is 0 Å². The minimum atomic E-state index is -0.518. The zero-order valence-electron chi connectivity index (χ0n) is 18.8. The van der Waals surface area contributed by atoms with Gasteiger partial charge >= 0.3 is 7.12 Å². The zero-order valence-corrected chi connectivity index (χ0v) is 18.8. The fourth-order valence-corrected chi connectivity index (χ4v) is 3.86. The number of nitrogens with zero attached hydrogens (tertiary/aromatic N) is 2. The number of carbonyl (C=O) groups excluding carboxylic acids is 2. The van der Waals surface area contributed by atoms with Crippen LogP contribution in [0.5, 0.6) is 0 Å². The molecule has 0 saturated carbocycles. The fourth-order valence-electron chi connectivity index (χ4n) is 3.86. The van der Waals surface area contributed by atoms with Crippen molar-refractivity contribution in [1.29, 1.82) is 0 Å². The zero-order chi connectivity index (χ0) is 22.4. The van der Waals surface area contributed by atoms with Crippen LogP contribution >= 0.6 is 0 Å². The molecule has 2 aromatic carbocycles. The summed E-state index contributed by atoms with van der Waals surface area (Å²) in [6, 6.07) is 15.5. The first-order valence-electron chi connectivity index (χ1n) is 10.6. The topological polar surface area (TPSA) is 59.1 Å². The molecule has 0 aromatic heterocycles. The Morgan fingerprint density at radius 3 is 2.35 bits per heavy atom. The molecule has 0 N–H and O–H groups in total. The van der Waals surface area contributed by atoms with E-state index in [4.69, 9.17) is 9.31 Å². The quantitative estimate of drug-likeness (QED) is 0.698. The van der Waals surface area contributed by atoms with Crippen LogP contribution in [0.15, 0.2) is 48.5 Å². The second-order valence-corrected chi connectivity index (χ2v) is 9.40. The van der Waals surface area contributed by atoms with Gasteiger partial charge in [0.05, 0.1) is 11.2 Å². The maximum atomic E-state index is 13.0. The lowest BCUT2D eigenvalue weighted by Crippen LogP contribution is -2.41. The van der Waals surface area contributed by atoms with Crippen molar-refractivity contribution in [3.63, 3.8) is 0 Å². The van der Waals surface area contributed by atoms with Crippen molar-refractivity contribution in [1.82, 2.24) is 9.80 Å². The summed E-state index contributed by atoms with van der Waals surface area (Å²) < 4.78 is 12.2. The maximum absolute atomic E-state index is 13.0. The molecule has 2 aromatic rings. The summed E-state index contributed by atoms with van der Waals surface area (Å²) in [7, 11) is 1.25. The SMILES string of the molecule is CN(Cc1ccccc1)C(=O)CN1Cc2ccc(B3OC(C)(C)C(C)(C)O3)cc2C1=O. The Kier molecular flexibility index (Phi) is 5.44. The molecule has 2 aliphatic heterocycles. The lowest BCUT2D eigenvalue weighted by atomic mass is 9.78. The summed E-state index contributed by atoms with van der Waals surface area (Å²) in [6.45, 7) is 9.03. The molecule has 0 radical (unpaired) electrons. The van der Waals surface area contributed by atoms with E-state index in [1.807, 2.05) is 76.2 Å². The van der Waals surface area contributed by atoms with E-state index >= 15 is 0 Å². The highest BCUT2D eigenvalue weighted by atomic mass is 16.7. The summed E-state index contributed by atoms with van der Waals surface area (Å²) in [4.78, 5) is 29.0. The van der Waals surface area contributed by atoms with E-state index in [1.165, 1.54) is 0 Å². The van der Waals surface area contributed by atoms with Gasteiger partial charge in [-0.3, -0.25) is 9.59 Å². The van der Waals surface area contributed by atoms with Crippen LogP contribution in [0, 0.1) is 0 Å². The normalized spacial score (nSPS) is 18.9. The molecule has 4 rings (SSSR count). The molecule has 2 amide bonds. The molecule has 1 saturated heterocycles. The van der Waals surface area contributed by atoms with E-state index in [0.29, 0.717) is 18.7 Å². The highest BCUT2D eigenvalue weighted by molar-refractivity contribution is 6.62. The Hall–Kier alpha value is -2.64. The number of hydrogen-bond donors (Lipinski definition) is 0. The molecule has 1 fully saturated rings. The van der Waals surface area contributed by atoms with Crippen LogP contribution in [0.2, 0.25) is 0 Å². The predicted molar refractivity (Wildman–Crippen MR) is 120 cm³/mol. The molecule has 0 atom stereocenters. The minimum Gasteiger partial charge on any atom is -0.399 e. The number of likely N-dealkylation sites (N-methyl/N-ethyl adjacent to an activating group) is 1. The van der Waals surface area contributed by atoms with E-state index in [9.17, 15) is 9.59 Å². The third-order valence-corrected chi connectivity index (χ3v) is 6.55. The van der Waals surface area contributed by atoms with Crippen molar-refractivity contribution >= 4 is 24.4 Å². The lowest BCUT2D eigenvalue weighted by molar-refractivity contribution is -0.131. The molecule has 31 heavy (non-hydrogen) atoms. The average molecular weight is 420 g/mol. The summed E-state index contributed by atoms with van der Waals surface area (Å²) in [5.74, 6) is -0.217. The van der Waals surface area contributed by atoms with Crippen molar-refractivity contribution in [3.05, 3.63) is 65.2 Å². The van der Waals surface area contributed by atoms with Gasteiger partial charge in [-0.15, -0.1) is 0 Å². The smallest absolute Gasteiger partial charge is 0.399 e. The molecule has 6 nitrogen and oxygen atoms in total. The monoisotopic (exact) mass is 420 g/mol. The summed E-state index contributed by atoms with van der Waals surface area (Å²) in [5.41, 5.74) is 2.53. The van der Waals surface area contributed by atoms with Gasteiger partial charge in [-0.05, 0) is 50.4 Å². The van der Waals surface area contributed by atoms with Gasteiger partial charge in [0.15, 0.2) is 0 Å². The van der Waals surface area contributed by atoms with Crippen LogP contribution in [0.3, 0.4) is 0 Å². The molecule has 0 aliphatic carbocycles. The second-order valence-electron chi connectivity index (χ2n) is 9.40. The van der Waals surface area contributed by atoms with Gasteiger partial charge in [0.2, 0.25) is 5.91 Å². The van der Waals surface area contributed by atoms with Gasteiger partial charge < -0.3 is 19.1 Å². The van der Waals surface area contributed by atoms with Crippen molar-refractivity contribution in [2.75, 3.05) is 13.6 Å². The van der Waals surface area contributed by atoms with Crippen LogP contribution in [-0.4, -0.2) is 53.5 Å². The van der Waals surface area contributed by atoms with Crippen molar-refractivity contribution in [2.24, 2.45) is 0 Å². The fraction of sp³-hybridized carbons (Fsp3) is 0.417. The first kappa shape index (κ1) is 21.6. The van der Waals surface area contributed by atoms with Crippen LogP contribution in [0.4, 0.5) is 0 Å². The van der Waals surface area contributed by atoms with Gasteiger partial charge in [0.25, 0.3) is 5.91 Å². The van der Waals surface area contributed by atoms with Crippen molar-refractivity contribution < 1.29 is 18.9 Å². The molecule has 0 bridgehead atoms. The van der Waals surface area contributed by atoms with E-state index in [1.54, 1.807) is 16.8 Å². The van der Waals surface area contributed by atoms with Gasteiger partial charge in [0, 0.05) is 25.7 Å². The molecular weight excluding hydrogens is 391 g/mol. The van der Waals surface area contributed by atoms with Crippen molar-refractivity contribution in [2.45, 2.75) is 52.0 Å². The molecule has 0 unspecified atom stereocenters. The van der Waals surface area contributed by atoms with Gasteiger partial charge in [-0.1, -0.05) is 42.5 Å². The first-order valence-corrected chi connectivity index (χ1v) is 10.6. The number of rotatable bonds is 5. The lowest BCUT2D eigenvalue weighted by Gasteiger charge is -2.32. The molecule has 162 valence electrons. The molecule has 2 aliphatic rings. The van der Waals surface area contributed by atoms with Crippen LogP contribution in [0.1, 0.15) is 49.2 Å². The van der Waals surface area contributed by atoms with E-state index in [2.05, 4.69) is 0 Å². The highest BCUT2D eigenvalue weighted by Crippen LogP contribution is 2.36. The summed E-state index contributed by atoms with van der Waals surface area (Å²) in [5, 5.41) is 0. The molecular formula is C24H29BN2O4. The second kappa shape index (κ2) is 7.81. The maximum Gasteiger partial charge on any atom is 0.494 e. The van der Waals surface area contributed by atoms with Crippen LogP contribution in [0.25, 0.3) is 0 Å². The predicted octanol–water partition coefficient (Wildman–Crippen LogP) is 2.60. The highest BCUT2D eigenvalue weighted by Gasteiger charge is 2.52. The summed E-state index contributed by atoms with van der Waals surface area (Å²) >= 11 is 0. The molecule has 2 heterocycles. The number of carbonyl (C=O) groups is 2. The number of amides is 2. The summed E-state index contributed by atoms with van der Waals surface area (Å²) in [6.07, 6.45) is 0. The minimum absolute atomic E-state index is 0.0582. The number of hydrogen-bond acceptors (Lipinski definition) is 4. The standard InChI is InChI=1S/C24H29BN2O4/c1-23(2)24(3,4)31-25(30-23)19-12-11-18-15-27(22(29)20(18)13-19)16-21(28)26(5)14-17-9-7-6-8-10-17/h6-13H,14-16H2,1-5H3. The van der Waals surface area contributed by atoms with Gasteiger partial charge in [-0.25, -0.2) is 0 Å². The average Bonchev–Trinajstić information content (AvgIpc) is 3.14. The number of benzene rings is 2. The van der Waals surface area contributed by atoms with Gasteiger partial charge in [-0.2, -0.15) is 0 Å². The molecule has 7 heteroatoms. The van der Waals surface area contributed by atoms with E-state index < -0.39 is 18.3 Å². The third kappa shape index (κ3) is 4.12. The Labute approximate surface area is 184 Å². The first-order chi connectivity index (χ1) is 14.6. The Bertz CT molecular complexity index is 990. The Morgan fingerprint density at radius 2 is 1.71 bits per heavy atom. The third-order valence-electron chi connectivity index (χ3n) is 6.55. The van der Waals surface area contributed by atoms with Gasteiger partial charge in [0.1, 0.15) is 6.54 Å². The Morgan fingerprint density at radius 1 is 1.06 bits per heavy atom. The molecule has 0 spiro atoms. The van der Waals surface area contributed by atoms with E-state index in [-0.39, 0.29) is 18.4 Å². The van der Waals surface area contributed by atoms with Crippen LogP contribution in [-0.2, 0) is 27.2 Å². The number of fused-ring (bicyclic) bond motifs is 1. The van der Waals surface area contributed by atoms with E-state index in [0.717, 1.165) is 16.6 Å². The van der Waals surface area contributed by atoms with Crippen LogP contribution < -0.4 is 5.46 Å². The Balaban J connectivity index is 1.43. The largest absolute Gasteiger partial charge is 0.494 e.